The predicted octanol–water partition coefficient (Wildman–Crippen LogP) is 0.196. The van der Waals surface area contributed by atoms with Crippen molar-refractivity contribution in [1.29, 1.82) is 0 Å². The van der Waals surface area contributed by atoms with Crippen LogP contribution in [0.3, 0.4) is 0 Å². The number of rotatable bonds is 3. The molecule has 0 unspecified atom stereocenters. The zero-order valence-corrected chi connectivity index (χ0v) is 9.66. The maximum absolute atomic E-state index is 11.7. The highest BCUT2D eigenvalue weighted by molar-refractivity contribution is 5.92. The lowest BCUT2D eigenvalue weighted by atomic mass is 10.1. The number of nitrogens with one attached hydrogen (secondary N) is 1. The topological polar surface area (TPSA) is 72.9 Å². The van der Waals surface area contributed by atoms with E-state index in [0.717, 1.165) is 5.69 Å². The molecule has 15 heavy (non-hydrogen) atoms. The van der Waals surface area contributed by atoms with E-state index in [0.29, 0.717) is 12.2 Å². The summed E-state index contributed by atoms with van der Waals surface area (Å²) in [4.78, 5) is 11.7. The lowest BCUT2D eigenvalue weighted by Crippen LogP contribution is -2.48. The van der Waals surface area contributed by atoms with Gasteiger partial charge >= 0.3 is 0 Å². The van der Waals surface area contributed by atoms with Crippen LogP contribution in [0.4, 0.5) is 0 Å². The lowest BCUT2D eigenvalue weighted by Gasteiger charge is -2.23. The molecule has 3 N–H and O–H groups in total. The average molecular weight is 210 g/mol. The summed E-state index contributed by atoms with van der Waals surface area (Å²) in [5, 5.41) is 6.92. The van der Waals surface area contributed by atoms with Crippen molar-refractivity contribution < 1.29 is 4.79 Å². The molecular weight excluding hydrogens is 192 g/mol. The molecule has 0 spiro atoms. The normalized spacial score (nSPS) is 11.5. The van der Waals surface area contributed by atoms with E-state index in [1.165, 1.54) is 0 Å². The van der Waals surface area contributed by atoms with Crippen molar-refractivity contribution in [2.75, 3.05) is 6.54 Å². The van der Waals surface area contributed by atoms with Crippen molar-refractivity contribution in [3.05, 3.63) is 17.5 Å². The van der Waals surface area contributed by atoms with Gasteiger partial charge in [0, 0.05) is 24.8 Å². The van der Waals surface area contributed by atoms with Gasteiger partial charge in [0.1, 0.15) is 5.69 Å². The van der Waals surface area contributed by atoms with E-state index < -0.39 is 5.54 Å². The van der Waals surface area contributed by atoms with Crippen LogP contribution in [0.25, 0.3) is 0 Å². The van der Waals surface area contributed by atoms with Crippen LogP contribution in [0.2, 0.25) is 0 Å². The standard InChI is InChI=1S/C10H18N4O/c1-7-5-8(13-14(7)4)9(15)12-10(2,3)6-11/h5H,6,11H2,1-4H3,(H,12,15). The Kier molecular flexibility index (Phi) is 3.14. The second-order valence-corrected chi connectivity index (χ2v) is 4.34. The Morgan fingerprint density at radius 1 is 1.67 bits per heavy atom. The molecule has 0 bridgehead atoms. The fourth-order valence-corrected chi connectivity index (χ4v) is 1.09. The molecule has 0 aliphatic rings. The highest BCUT2D eigenvalue weighted by atomic mass is 16.2. The van der Waals surface area contributed by atoms with Crippen LogP contribution >= 0.6 is 0 Å². The molecule has 0 aliphatic carbocycles. The van der Waals surface area contributed by atoms with Crippen molar-refractivity contribution in [2.45, 2.75) is 26.3 Å². The first-order chi connectivity index (χ1) is 6.85. The molecule has 0 radical (unpaired) electrons. The highest BCUT2D eigenvalue weighted by Gasteiger charge is 2.20. The molecule has 0 saturated carbocycles. The second kappa shape index (κ2) is 4.02. The minimum atomic E-state index is -0.400. The molecule has 5 nitrogen and oxygen atoms in total. The van der Waals surface area contributed by atoms with Crippen molar-refractivity contribution >= 4 is 5.91 Å². The Hall–Kier alpha value is -1.36. The van der Waals surface area contributed by atoms with Crippen LogP contribution < -0.4 is 11.1 Å². The number of aromatic nitrogens is 2. The van der Waals surface area contributed by atoms with Crippen LogP contribution in [-0.2, 0) is 7.05 Å². The van der Waals surface area contributed by atoms with E-state index >= 15 is 0 Å². The third-order valence-corrected chi connectivity index (χ3v) is 2.31. The van der Waals surface area contributed by atoms with Crippen molar-refractivity contribution in [3.63, 3.8) is 0 Å². The zero-order chi connectivity index (χ0) is 11.6. The molecule has 5 heteroatoms. The van der Waals surface area contributed by atoms with E-state index in [2.05, 4.69) is 10.4 Å². The Morgan fingerprint density at radius 2 is 2.27 bits per heavy atom. The van der Waals surface area contributed by atoms with Gasteiger partial charge in [-0.15, -0.1) is 0 Å². The molecule has 1 aromatic heterocycles. The smallest absolute Gasteiger partial charge is 0.272 e. The van der Waals surface area contributed by atoms with Crippen LogP contribution in [0.15, 0.2) is 6.07 Å². The highest BCUT2D eigenvalue weighted by Crippen LogP contribution is 2.04. The summed E-state index contributed by atoms with van der Waals surface area (Å²) in [5.41, 5.74) is 6.50. The van der Waals surface area contributed by atoms with Gasteiger partial charge in [0.25, 0.3) is 5.91 Å². The Balaban J connectivity index is 2.78. The fraction of sp³-hybridized carbons (Fsp3) is 0.600. The van der Waals surface area contributed by atoms with Gasteiger partial charge in [-0.3, -0.25) is 9.48 Å². The van der Waals surface area contributed by atoms with Crippen molar-refractivity contribution in [2.24, 2.45) is 12.8 Å². The van der Waals surface area contributed by atoms with Crippen LogP contribution in [0, 0.1) is 6.92 Å². The predicted molar refractivity (Wildman–Crippen MR) is 58.5 cm³/mol. The van der Waals surface area contributed by atoms with Gasteiger partial charge in [-0.05, 0) is 26.8 Å². The molecule has 1 aromatic rings. The molecule has 0 fully saturated rings. The summed E-state index contributed by atoms with van der Waals surface area (Å²) >= 11 is 0. The number of nitrogens with two attached hydrogens (primary N) is 1. The summed E-state index contributed by atoms with van der Waals surface area (Å²) in [6.07, 6.45) is 0. The van der Waals surface area contributed by atoms with E-state index in [1.807, 2.05) is 20.8 Å². The Labute approximate surface area is 89.6 Å². The zero-order valence-electron chi connectivity index (χ0n) is 9.66. The summed E-state index contributed by atoms with van der Waals surface area (Å²) < 4.78 is 1.67. The third kappa shape index (κ3) is 2.79. The molecule has 0 atom stereocenters. The maximum atomic E-state index is 11.7. The average Bonchev–Trinajstić information content (AvgIpc) is 2.47. The largest absolute Gasteiger partial charge is 0.344 e. The summed E-state index contributed by atoms with van der Waals surface area (Å²) in [6, 6.07) is 1.75. The quantitative estimate of drug-likeness (QED) is 0.748. The van der Waals surface area contributed by atoms with Crippen LogP contribution in [0.5, 0.6) is 0 Å². The summed E-state index contributed by atoms with van der Waals surface area (Å²) in [5.74, 6) is -0.186. The molecule has 84 valence electrons. The fourth-order valence-electron chi connectivity index (χ4n) is 1.09. The first-order valence-corrected chi connectivity index (χ1v) is 4.89. The van der Waals surface area contributed by atoms with Gasteiger partial charge in [0.05, 0.1) is 0 Å². The Bertz CT molecular complexity index is 348. The summed E-state index contributed by atoms with van der Waals surface area (Å²) in [6.45, 7) is 6.05. The number of hydrogen-bond acceptors (Lipinski definition) is 3. The first-order valence-electron chi connectivity index (χ1n) is 4.89. The van der Waals surface area contributed by atoms with E-state index in [4.69, 9.17) is 5.73 Å². The van der Waals surface area contributed by atoms with Crippen molar-refractivity contribution in [1.82, 2.24) is 15.1 Å². The van der Waals surface area contributed by atoms with Gasteiger partial charge in [-0.1, -0.05) is 0 Å². The van der Waals surface area contributed by atoms with Crippen LogP contribution in [0.1, 0.15) is 30.0 Å². The van der Waals surface area contributed by atoms with Crippen LogP contribution in [-0.4, -0.2) is 27.8 Å². The minimum Gasteiger partial charge on any atom is -0.344 e. The monoisotopic (exact) mass is 210 g/mol. The second-order valence-electron chi connectivity index (χ2n) is 4.34. The Morgan fingerprint density at radius 3 is 2.67 bits per heavy atom. The molecular formula is C10H18N4O. The van der Waals surface area contributed by atoms with E-state index in [-0.39, 0.29) is 5.91 Å². The number of amides is 1. The molecule has 0 saturated heterocycles. The SMILES string of the molecule is Cc1cc(C(=O)NC(C)(C)CN)nn1C. The minimum absolute atomic E-state index is 0.186. The van der Waals surface area contributed by atoms with Gasteiger partial charge in [0.2, 0.25) is 0 Å². The first kappa shape index (κ1) is 11.7. The molecule has 1 amide bonds. The molecule has 1 rings (SSSR count). The van der Waals surface area contributed by atoms with E-state index in [1.54, 1.807) is 17.8 Å². The van der Waals surface area contributed by atoms with Gasteiger partial charge in [0.15, 0.2) is 0 Å². The third-order valence-electron chi connectivity index (χ3n) is 2.31. The number of hydrogen-bond donors (Lipinski definition) is 2. The number of carbonyl (C=O) groups is 1. The number of carbonyl (C=O) groups excluding carboxylic acids is 1. The molecule has 0 aliphatic heterocycles. The van der Waals surface area contributed by atoms with Gasteiger partial charge in [-0.2, -0.15) is 5.10 Å². The van der Waals surface area contributed by atoms with Gasteiger partial charge < -0.3 is 11.1 Å². The van der Waals surface area contributed by atoms with Crippen molar-refractivity contribution in [3.8, 4) is 0 Å². The number of aryl methyl sites for hydroxylation is 2. The van der Waals surface area contributed by atoms with Gasteiger partial charge in [-0.25, -0.2) is 0 Å². The lowest BCUT2D eigenvalue weighted by molar-refractivity contribution is 0.0910. The maximum Gasteiger partial charge on any atom is 0.272 e. The molecule has 0 aromatic carbocycles. The summed E-state index contributed by atoms with van der Waals surface area (Å²) in [7, 11) is 1.81. The van der Waals surface area contributed by atoms with E-state index in [9.17, 15) is 4.79 Å². The molecule has 1 heterocycles. The number of nitrogens with zero attached hydrogens (tertiary/aromatic N) is 2.